The highest BCUT2D eigenvalue weighted by molar-refractivity contribution is 5.75. The van der Waals surface area contributed by atoms with Gasteiger partial charge in [0.25, 0.3) is 0 Å². The fourth-order valence-electron chi connectivity index (χ4n) is 2.64. The first-order chi connectivity index (χ1) is 10.2. The number of aromatic nitrogens is 4. The largest absolute Gasteiger partial charge is 0.383 e. The normalized spacial score (nSPS) is 11.1. The number of nitrogens with two attached hydrogens (primary N) is 1. The molecule has 2 heterocycles. The number of fused-ring (bicyclic) bond motifs is 1. The van der Waals surface area contributed by atoms with E-state index in [9.17, 15) is 0 Å². The maximum atomic E-state index is 6.00. The van der Waals surface area contributed by atoms with Crippen molar-refractivity contribution in [3.63, 3.8) is 0 Å². The SMILES string of the molecule is CCCc1c(N)ncnc1Cc1nc2ccccc2n1C. The van der Waals surface area contributed by atoms with Crippen LogP contribution in [0, 0.1) is 0 Å². The lowest BCUT2D eigenvalue weighted by Crippen LogP contribution is -2.08. The quantitative estimate of drug-likeness (QED) is 0.797. The minimum absolute atomic E-state index is 0.584. The Hall–Kier alpha value is -2.43. The number of aryl methyl sites for hydroxylation is 1. The summed E-state index contributed by atoms with van der Waals surface area (Å²) in [5.74, 6) is 1.58. The molecule has 0 atom stereocenters. The van der Waals surface area contributed by atoms with Crippen LogP contribution in [-0.4, -0.2) is 19.5 Å². The van der Waals surface area contributed by atoms with Crippen molar-refractivity contribution in [2.45, 2.75) is 26.2 Å². The van der Waals surface area contributed by atoms with Crippen molar-refractivity contribution in [3.05, 3.63) is 47.7 Å². The van der Waals surface area contributed by atoms with E-state index in [-0.39, 0.29) is 0 Å². The molecular formula is C16H19N5. The Kier molecular flexibility index (Phi) is 3.56. The topological polar surface area (TPSA) is 69.6 Å². The monoisotopic (exact) mass is 281 g/mol. The molecule has 1 aromatic carbocycles. The number of benzene rings is 1. The zero-order valence-electron chi connectivity index (χ0n) is 12.4. The van der Waals surface area contributed by atoms with Crippen LogP contribution in [0.15, 0.2) is 30.6 Å². The van der Waals surface area contributed by atoms with Crippen LogP contribution < -0.4 is 5.73 Å². The van der Waals surface area contributed by atoms with E-state index in [4.69, 9.17) is 10.7 Å². The summed E-state index contributed by atoms with van der Waals surface area (Å²) in [5.41, 5.74) is 10.2. The molecule has 21 heavy (non-hydrogen) atoms. The van der Waals surface area contributed by atoms with Gasteiger partial charge in [0.2, 0.25) is 0 Å². The van der Waals surface area contributed by atoms with Crippen molar-refractivity contribution in [1.82, 2.24) is 19.5 Å². The van der Waals surface area contributed by atoms with E-state index in [1.54, 1.807) is 0 Å². The lowest BCUT2D eigenvalue weighted by Gasteiger charge is -2.09. The fraction of sp³-hybridized carbons (Fsp3) is 0.312. The summed E-state index contributed by atoms with van der Waals surface area (Å²) in [6.07, 6.45) is 4.12. The lowest BCUT2D eigenvalue weighted by molar-refractivity contribution is 0.807. The minimum atomic E-state index is 0.584. The second-order valence-electron chi connectivity index (χ2n) is 5.19. The molecule has 0 aliphatic heterocycles. The molecule has 0 aliphatic carbocycles. The van der Waals surface area contributed by atoms with Crippen LogP contribution in [0.4, 0.5) is 5.82 Å². The van der Waals surface area contributed by atoms with Crippen LogP contribution in [0.25, 0.3) is 11.0 Å². The molecule has 0 saturated carbocycles. The molecule has 0 spiro atoms. The Balaban J connectivity index is 2.03. The molecule has 0 radical (unpaired) electrons. The highest BCUT2D eigenvalue weighted by Crippen LogP contribution is 2.20. The van der Waals surface area contributed by atoms with E-state index < -0.39 is 0 Å². The summed E-state index contributed by atoms with van der Waals surface area (Å²) in [5, 5.41) is 0. The molecule has 0 amide bonds. The summed E-state index contributed by atoms with van der Waals surface area (Å²) in [7, 11) is 2.04. The second-order valence-corrected chi connectivity index (χ2v) is 5.19. The van der Waals surface area contributed by atoms with Gasteiger partial charge in [-0.25, -0.2) is 15.0 Å². The first kappa shape index (κ1) is 13.5. The van der Waals surface area contributed by atoms with Gasteiger partial charge in [0, 0.05) is 19.0 Å². The summed E-state index contributed by atoms with van der Waals surface area (Å²) in [6.45, 7) is 2.13. The minimum Gasteiger partial charge on any atom is -0.383 e. The Labute approximate surface area is 123 Å². The van der Waals surface area contributed by atoms with Gasteiger partial charge in [-0.1, -0.05) is 25.5 Å². The van der Waals surface area contributed by atoms with Gasteiger partial charge in [0.05, 0.1) is 16.7 Å². The zero-order chi connectivity index (χ0) is 14.8. The molecule has 0 saturated heterocycles. The van der Waals surface area contributed by atoms with E-state index in [0.717, 1.165) is 41.0 Å². The van der Waals surface area contributed by atoms with Crippen molar-refractivity contribution < 1.29 is 0 Å². The van der Waals surface area contributed by atoms with Gasteiger partial charge < -0.3 is 10.3 Å². The number of para-hydroxylation sites is 2. The van der Waals surface area contributed by atoms with E-state index in [1.807, 2.05) is 25.2 Å². The van der Waals surface area contributed by atoms with Gasteiger partial charge in [0.1, 0.15) is 18.0 Å². The highest BCUT2D eigenvalue weighted by Gasteiger charge is 2.13. The van der Waals surface area contributed by atoms with Gasteiger partial charge in [0.15, 0.2) is 0 Å². The zero-order valence-corrected chi connectivity index (χ0v) is 12.4. The third-order valence-corrected chi connectivity index (χ3v) is 3.77. The summed E-state index contributed by atoms with van der Waals surface area (Å²) >= 11 is 0. The standard InChI is InChI=1S/C16H19N5/c1-3-6-11-13(18-10-19-16(11)17)9-15-20-12-7-4-5-8-14(12)21(15)2/h4-5,7-8,10H,3,6,9H2,1-2H3,(H2,17,18,19). The predicted octanol–water partition coefficient (Wildman–Crippen LogP) is 2.49. The van der Waals surface area contributed by atoms with Crippen molar-refractivity contribution in [2.75, 3.05) is 5.73 Å². The highest BCUT2D eigenvalue weighted by atomic mass is 15.1. The summed E-state index contributed by atoms with van der Waals surface area (Å²) in [4.78, 5) is 13.2. The van der Waals surface area contributed by atoms with E-state index in [0.29, 0.717) is 12.2 Å². The molecule has 2 N–H and O–H groups in total. The Morgan fingerprint density at radius 1 is 1.19 bits per heavy atom. The number of hydrogen-bond acceptors (Lipinski definition) is 4. The molecule has 0 fully saturated rings. The van der Waals surface area contributed by atoms with E-state index >= 15 is 0 Å². The van der Waals surface area contributed by atoms with Crippen LogP contribution in [0.5, 0.6) is 0 Å². The van der Waals surface area contributed by atoms with E-state index in [2.05, 4.69) is 27.5 Å². The van der Waals surface area contributed by atoms with Gasteiger partial charge in [-0.15, -0.1) is 0 Å². The number of nitrogen functional groups attached to an aromatic ring is 1. The van der Waals surface area contributed by atoms with Gasteiger partial charge in [-0.05, 0) is 18.6 Å². The third kappa shape index (κ3) is 2.46. The van der Waals surface area contributed by atoms with Gasteiger partial charge in [-0.2, -0.15) is 0 Å². The molecule has 108 valence electrons. The predicted molar refractivity (Wildman–Crippen MR) is 84.0 cm³/mol. The van der Waals surface area contributed by atoms with E-state index in [1.165, 1.54) is 6.33 Å². The fourth-order valence-corrected chi connectivity index (χ4v) is 2.64. The van der Waals surface area contributed by atoms with Gasteiger partial charge in [-0.3, -0.25) is 0 Å². The molecule has 5 heteroatoms. The third-order valence-electron chi connectivity index (χ3n) is 3.77. The smallest absolute Gasteiger partial charge is 0.130 e. The number of rotatable bonds is 4. The Bertz CT molecular complexity index is 775. The van der Waals surface area contributed by atoms with Crippen LogP contribution in [-0.2, 0) is 19.9 Å². The molecule has 2 aromatic heterocycles. The maximum Gasteiger partial charge on any atom is 0.130 e. The second kappa shape index (κ2) is 5.52. The number of nitrogens with zero attached hydrogens (tertiary/aromatic N) is 4. The first-order valence-electron chi connectivity index (χ1n) is 7.19. The average molecular weight is 281 g/mol. The van der Waals surface area contributed by atoms with Crippen LogP contribution in [0.1, 0.15) is 30.4 Å². The van der Waals surface area contributed by atoms with Crippen molar-refractivity contribution in [3.8, 4) is 0 Å². The number of imidazole rings is 1. The first-order valence-corrected chi connectivity index (χ1v) is 7.19. The molecule has 5 nitrogen and oxygen atoms in total. The molecule has 3 rings (SSSR count). The molecule has 0 bridgehead atoms. The van der Waals surface area contributed by atoms with Crippen molar-refractivity contribution in [1.29, 1.82) is 0 Å². The lowest BCUT2D eigenvalue weighted by atomic mass is 10.1. The average Bonchev–Trinajstić information content (AvgIpc) is 2.80. The number of hydrogen-bond donors (Lipinski definition) is 1. The Morgan fingerprint density at radius 2 is 2.00 bits per heavy atom. The number of anilines is 1. The summed E-state index contributed by atoms with van der Waals surface area (Å²) in [6, 6.07) is 8.14. The van der Waals surface area contributed by atoms with Crippen molar-refractivity contribution >= 4 is 16.9 Å². The molecule has 3 aromatic rings. The van der Waals surface area contributed by atoms with Crippen LogP contribution >= 0.6 is 0 Å². The summed E-state index contributed by atoms with van der Waals surface area (Å²) < 4.78 is 2.11. The molecular weight excluding hydrogens is 262 g/mol. The van der Waals surface area contributed by atoms with Gasteiger partial charge >= 0.3 is 0 Å². The molecule has 0 aliphatic rings. The van der Waals surface area contributed by atoms with Crippen LogP contribution in [0.3, 0.4) is 0 Å². The van der Waals surface area contributed by atoms with Crippen molar-refractivity contribution in [2.24, 2.45) is 7.05 Å². The van der Waals surface area contributed by atoms with Crippen LogP contribution in [0.2, 0.25) is 0 Å². The Morgan fingerprint density at radius 3 is 2.76 bits per heavy atom. The molecule has 0 unspecified atom stereocenters. The maximum absolute atomic E-state index is 6.00.